The molecule has 0 heterocycles. The molecular weight excluding hydrogens is 384 g/mol. The molecule has 2 heteroatoms. The van der Waals surface area contributed by atoms with Crippen LogP contribution in [0.5, 0.6) is 0 Å². The van der Waals surface area contributed by atoms with Crippen LogP contribution in [0.2, 0.25) is 0 Å². The van der Waals surface area contributed by atoms with Crippen LogP contribution in [-0.4, -0.2) is 23.1 Å². The van der Waals surface area contributed by atoms with Crippen molar-refractivity contribution in [2.24, 2.45) is 52.3 Å². The Kier molecular flexibility index (Phi) is 9.37. The van der Waals surface area contributed by atoms with Gasteiger partial charge in [-0.1, -0.05) is 72.6 Å². The van der Waals surface area contributed by atoms with E-state index in [9.17, 15) is 0 Å². The van der Waals surface area contributed by atoms with Crippen molar-refractivity contribution in [2.45, 2.75) is 112 Å². The summed E-state index contributed by atoms with van der Waals surface area (Å²) in [5.74, 6) is 7.03. The molecule has 0 bridgehead atoms. The Labute approximate surface area is 205 Å². The largest absolute Gasteiger partial charge is 2.00 e. The maximum absolute atomic E-state index is 2.74. The third-order valence-electron chi connectivity index (χ3n) is 10.6. The van der Waals surface area contributed by atoms with Gasteiger partial charge in [-0.15, -0.1) is 0 Å². The molecule has 0 aromatic carbocycles. The third-order valence-corrected chi connectivity index (χ3v) is 10.6. The molecule has 0 aliphatic heterocycles. The normalized spacial score (nSPS) is 44.7. The van der Waals surface area contributed by atoms with Gasteiger partial charge in [0.25, 0.3) is 0 Å². The van der Waals surface area contributed by atoms with Crippen LogP contribution in [0.3, 0.4) is 0 Å². The van der Waals surface area contributed by atoms with Crippen molar-refractivity contribution in [3.63, 3.8) is 0 Å². The van der Waals surface area contributed by atoms with E-state index in [-0.39, 0.29) is 35.5 Å². The summed E-state index contributed by atoms with van der Waals surface area (Å²) in [6.45, 7) is 12.8. The van der Waals surface area contributed by atoms with Gasteiger partial charge in [0.2, 0.25) is 0 Å². The second kappa shape index (κ2) is 10.3. The van der Waals surface area contributed by atoms with Crippen molar-refractivity contribution in [1.29, 1.82) is 0 Å². The summed E-state index contributed by atoms with van der Waals surface area (Å²) in [5.41, 5.74) is 1.35. The van der Waals surface area contributed by atoms with E-state index in [4.69, 9.17) is 0 Å². The molecule has 0 radical (unpaired) electrons. The predicted octanol–water partition coefficient (Wildman–Crippen LogP) is 4.94. The van der Waals surface area contributed by atoms with E-state index in [1.54, 1.807) is 32.1 Å². The average Bonchev–Trinajstić information content (AvgIpc) is 2.98. The minimum absolute atomic E-state index is 0. The molecule has 0 spiro atoms. The summed E-state index contributed by atoms with van der Waals surface area (Å²) in [4.78, 5) is 0. The molecule has 4 aliphatic rings. The fourth-order valence-electron chi connectivity index (χ4n) is 9.07. The molecule has 1 unspecified atom stereocenters. The van der Waals surface area contributed by atoms with Crippen LogP contribution in [0.15, 0.2) is 0 Å². The zero-order chi connectivity index (χ0) is 19.2. The van der Waals surface area contributed by atoms with E-state index in [1.807, 2.05) is 0 Å². The number of hydrogen-bond acceptors (Lipinski definition) is 0. The molecule has 0 amide bonds. The minimum Gasteiger partial charge on any atom is -1.00 e. The Morgan fingerprint density at radius 3 is 2.31 bits per heavy atom. The number of halogens is 1. The van der Waals surface area contributed by atoms with Crippen LogP contribution in [0.25, 0.3) is 0 Å². The SMILES string of the molecule is CC(C)CCC[C@@H](C)[C@H]1CC[C@H]2[C@@H]3CCC4C[CH-]CC[C@]4(C)[C@H]3CC[C@]12C.[Cl-].[Mg+2]. The van der Waals surface area contributed by atoms with Gasteiger partial charge in [-0.05, 0) is 78.4 Å². The second-order valence-corrected chi connectivity index (χ2v) is 12.3. The van der Waals surface area contributed by atoms with Gasteiger partial charge in [0.1, 0.15) is 0 Å². The van der Waals surface area contributed by atoms with Crippen molar-refractivity contribution in [2.75, 3.05) is 0 Å². The summed E-state index contributed by atoms with van der Waals surface area (Å²) in [6.07, 6.45) is 20.6. The molecular formula is C27H47ClMg. The van der Waals surface area contributed by atoms with E-state index >= 15 is 0 Å². The molecule has 4 fully saturated rings. The van der Waals surface area contributed by atoms with Gasteiger partial charge in [0.15, 0.2) is 0 Å². The number of hydrogen-bond donors (Lipinski definition) is 0. The van der Waals surface area contributed by atoms with Crippen LogP contribution in [0.4, 0.5) is 0 Å². The van der Waals surface area contributed by atoms with Gasteiger partial charge in [-0.2, -0.15) is 12.8 Å². The van der Waals surface area contributed by atoms with Crippen molar-refractivity contribution < 1.29 is 12.4 Å². The van der Waals surface area contributed by atoms with Crippen molar-refractivity contribution in [1.82, 2.24) is 0 Å². The van der Waals surface area contributed by atoms with E-state index < -0.39 is 0 Å². The Hall–Kier alpha value is 1.06. The quantitative estimate of drug-likeness (QED) is 0.428. The maximum atomic E-state index is 2.74. The molecule has 4 aliphatic carbocycles. The molecule has 4 saturated carbocycles. The summed E-state index contributed by atoms with van der Waals surface area (Å²) >= 11 is 0. The van der Waals surface area contributed by atoms with Crippen molar-refractivity contribution in [3.05, 3.63) is 6.42 Å². The molecule has 8 atom stereocenters. The van der Waals surface area contributed by atoms with E-state index in [0.29, 0.717) is 10.8 Å². The topological polar surface area (TPSA) is 0 Å². The molecule has 29 heavy (non-hydrogen) atoms. The van der Waals surface area contributed by atoms with Gasteiger partial charge in [0.05, 0.1) is 0 Å². The number of fused-ring (bicyclic) bond motifs is 5. The summed E-state index contributed by atoms with van der Waals surface area (Å²) in [7, 11) is 0. The summed E-state index contributed by atoms with van der Waals surface area (Å²) < 4.78 is 0. The van der Waals surface area contributed by atoms with Crippen LogP contribution in [0, 0.1) is 58.7 Å². The molecule has 0 aromatic heterocycles. The van der Waals surface area contributed by atoms with Gasteiger partial charge in [-0.3, -0.25) is 0 Å². The van der Waals surface area contributed by atoms with E-state index in [2.05, 4.69) is 41.0 Å². The van der Waals surface area contributed by atoms with Crippen LogP contribution >= 0.6 is 0 Å². The molecule has 164 valence electrons. The van der Waals surface area contributed by atoms with Crippen molar-refractivity contribution >= 4 is 23.1 Å². The second-order valence-electron chi connectivity index (χ2n) is 12.3. The predicted molar refractivity (Wildman–Crippen MR) is 123 cm³/mol. The Morgan fingerprint density at radius 1 is 0.862 bits per heavy atom. The summed E-state index contributed by atoms with van der Waals surface area (Å²) in [5, 5.41) is 0. The van der Waals surface area contributed by atoms with Crippen LogP contribution in [-0.2, 0) is 0 Å². The Bertz CT molecular complexity index is 519. The molecule has 0 nitrogen and oxygen atoms in total. The third kappa shape index (κ3) is 4.73. The minimum atomic E-state index is 0. The number of rotatable bonds is 5. The molecule has 0 saturated heterocycles. The first kappa shape index (κ1) is 26.3. The zero-order valence-corrected chi connectivity index (χ0v) is 22.4. The fourth-order valence-corrected chi connectivity index (χ4v) is 9.07. The standard InChI is InChI=1S/C27H47.ClH.Mg/c1-19(2)9-8-10-20(3)23-14-15-24-22-13-12-21-11-6-7-17-26(21,4)25(22)16-18-27(23,24)5;;/h6,19-25H,7-18H2,1-5H3;1H;/q-1;;+2/p-1/t20-,21?,22+,23-,24+,25+,26+,27-;;/m1../s1. The monoisotopic (exact) mass is 430 g/mol. The maximum Gasteiger partial charge on any atom is 2.00 e. The zero-order valence-electron chi connectivity index (χ0n) is 20.2. The smallest absolute Gasteiger partial charge is 1.00 e. The first-order valence-electron chi connectivity index (χ1n) is 12.7. The van der Waals surface area contributed by atoms with Crippen LogP contribution < -0.4 is 12.4 Å². The average molecular weight is 431 g/mol. The molecule has 0 N–H and O–H groups in total. The van der Waals surface area contributed by atoms with E-state index in [0.717, 1.165) is 41.4 Å². The fraction of sp³-hybridized carbons (Fsp3) is 0.963. The van der Waals surface area contributed by atoms with Gasteiger partial charge in [0, 0.05) is 0 Å². The Balaban J connectivity index is 0.00000150. The van der Waals surface area contributed by atoms with Crippen molar-refractivity contribution in [3.8, 4) is 0 Å². The van der Waals surface area contributed by atoms with E-state index in [1.165, 1.54) is 44.9 Å². The molecule has 0 aromatic rings. The van der Waals surface area contributed by atoms with Gasteiger partial charge in [-0.25, -0.2) is 0 Å². The van der Waals surface area contributed by atoms with Crippen LogP contribution in [0.1, 0.15) is 112 Å². The first-order valence-corrected chi connectivity index (χ1v) is 12.7. The molecule has 4 rings (SSSR count). The van der Waals surface area contributed by atoms with Gasteiger partial charge < -0.3 is 18.8 Å². The van der Waals surface area contributed by atoms with Gasteiger partial charge >= 0.3 is 23.1 Å². The summed E-state index contributed by atoms with van der Waals surface area (Å²) in [6, 6.07) is 0. The first-order chi connectivity index (χ1) is 12.9. The Morgan fingerprint density at radius 2 is 1.59 bits per heavy atom.